The highest BCUT2D eigenvalue weighted by Crippen LogP contribution is 2.29. The number of carbonyl (C=O) groups is 1. The van der Waals surface area contributed by atoms with E-state index in [-0.39, 0.29) is 5.69 Å². The zero-order valence-corrected chi connectivity index (χ0v) is 16.3. The molecule has 0 aliphatic carbocycles. The first-order valence-corrected chi connectivity index (χ1v) is 8.98. The van der Waals surface area contributed by atoms with Crippen molar-refractivity contribution in [2.45, 2.75) is 0 Å². The van der Waals surface area contributed by atoms with Gasteiger partial charge in [-0.3, -0.25) is 9.89 Å². The lowest BCUT2D eigenvalue weighted by atomic mass is 10.1. The summed E-state index contributed by atoms with van der Waals surface area (Å²) < 4.78 is 5.26. The molecular formula is C20H16Cl2N4O2. The Morgan fingerprint density at radius 2 is 2.04 bits per heavy atom. The van der Waals surface area contributed by atoms with Gasteiger partial charge in [-0.25, -0.2) is 5.43 Å². The van der Waals surface area contributed by atoms with Crippen LogP contribution in [0, 0.1) is 0 Å². The summed E-state index contributed by atoms with van der Waals surface area (Å²) in [4.78, 5) is 12.2. The normalized spacial score (nSPS) is 11.2. The molecule has 3 rings (SSSR count). The number of aromatic nitrogens is 2. The molecule has 2 N–H and O–H groups in total. The molecule has 8 heteroatoms. The summed E-state index contributed by atoms with van der Waals surface area (Å²) in [5.74, 6) is 0.327. The first-order valence-electron chi connectivity index (χ1n) is 8.22. The number of nitrogens with zero attached hydrogens (tertiary/aromatic N) is 2. The molecule has 0 aliphatic rings. The molecular weight excluding hydrogens is 399 g/mol. The molecule has 0 bridgehead atoms. The average Bonchev–Trinajstić information content (AvgIpc) is 3.18. The van der Waals surface area contributed by atoms with Gasteiger partial charge >= 0.3 is 0 Å². The highest BCUT2D eigenvalue weighted by atomic mass is 35.5. The average molecular weight is 415 g/mol. The quantitative estimate of drug-likeness (QED) is 0.448. The fourth-order valence-electron chi connectivity index (χ4n) is 2.42. The standard InChI is InChI=1S/C20H16Cl2N4O2/c1-28-19-7-3-2-5-13(19)6-4-10-23-26-20(27)18-12-17(24-25-18)15-9-8-14(21)11-16(15)22/h2-12H,1H3,(H,24,25)(H,26,27)/b6-4+,23-10+. The Morgan fingerprint density at radius 3 is 2.82 bits per heavy atom. The summed E-state index contributed by atoms with van der Waals surface area (Å²) >= 11 is 12.1. The number of ether oxygens (including phenoxy) is 1. The number of hydrogen-bond acceptors (Lipinski definition) is 4. The molecule has 0 saturated carbocycles. The zero-order valence-electron chi connectivity index (χ0n) is 14.8. The molecule has 0 atom stereocenters. The van der Waals surface area contributed by atoms with Crippen LogP contribution in [0.15, 0.2) is 59.7 Å². The molecule has 0 spiro atoms. The smallest absolute Gasteiger partial charge is 0.289 e. The maximum absolute atomic E-state index is 12.2. The van der Waals surface area contributed by atoms with Crippen LogP contribution >= 0.6 is 23.2 Å². The van der Waals surface area contributed by atoms with Gasteiger partial charge in [-0.15, -0.1) is 0 Å². The van der Waals surface area contributed by atoms with Crippen molar-refractivity contribution >= 4 is 41.4 Å². The second-order valence-electron chi connectivity index (χ2n) is 5.61. The number of hydrogen-bond donors (Lipinski definition) is 2. The zero-order chi connectivity index (χ0) is 19.9. The van der Waals surface area contributed by atoms with Crippen LogP contribution in [0.4, 0.5) is 0 Å². The summed E-state index contributed by atoms with van der Waals surface area (Å²) in [7, 11) is 1.61. The number of rotatable bonds is 6. The number of carbonyl (C=O) groups excluding carboxylic acids is 1. The van der Waals surface area contributed by atoms with E-state index in [1.807, 2.05) is 30.3 Å². The topological polar surface area (TPSA) is 79.4 Å². The fraction of sp³-hybridized carbons (Fsp3) is 0.0500. The fourth-order valence-corrected chi connectivity index (χ4v) is 2.93. The van der Waals surface area contributed by atoms with E-state index in [0.717, 1.165) is 11.3 Å². The minimum atomic E-state index is -0.425. The van der Waals surface area contributed by atoms with Crippen molar-refractivity contribution in [3.8, 4) is 17.0 Å². The molecule has 28 heavy (non-hydrogen) atoms. The third-order valence-corrected chi connectivity index (χ3v) is 4.32. The first kappa shape index (κ1) is 19.7. The van der Waals surface area contributed by atoms with Crippen LogP contribution in [0.2, 0.25) is 10.0 Å². The minimum absolute atomic E-state index is 0.256. The number of allylic oxidation sites excluding steroid dienone is 1. The Bertz CT molecular complexity index is 1040. The number of nitrogens with one attached hydrogen (secondary N) is 2. The molecule has 0 saturated heterocycles. The van der Waals surface area contributed by atoms with E-state index in [1.54, 1.807) is 37.5 Å². The molecule has 1 aromatic heterocycles. The van der Waals surface area contributed by atoms with Gasteiger partial charge in [-0.2, -0.15) is 10.2 Å². The van der Waals surface area contributed by atoms with E-state index in [9.17, 15) is 4.79 Å². The molecule has 0 aliphatic heterocycles. The lowest BCUT2D eigenvalue weighted by Crippen LogP contribution is -2.17. The van der Waals surface area contributed by atoms with Gasteiger partial charge in [0.2, 0.25) is 0 Å². The van der Waals surface area contributed by atoms with E-state index in [4.69, 9.17) is 27.9 Å². The van der Waals surface area contributed by atoms with Crippen LogP contribution < -0.4 is 10.2 Å². The Morgan fingerprint density at radius 1 is 1.21 bits per heavy atom. The Labute approximate surface area is 171 Å². The van der Waals surface area contributed by atoms with Crippen LogP contribution in [0.25, 0.3) is 17.3 Å². The number of methoxy groups -OCH3 is 1. The lowest BCUT2D eigenvalue weighted by molar-refractivity contribution is 0.0950. The molecule has 0 unspecified atom stereocenters. The van der Waals surface area contributed by atoms with Crippen molar-refractivity contribution in [2.75, 3.05) is 7.11 Å². The Balaban J connectivity index is 1.62. The van der Waals surface area contributed by atoms with E-state index in [1.165, 1.54) is 6.21 Å². The summed E-state index contributed by atoms with van der Waals surface area (Å²) in [6.07, 6.45) is 4.99. The predicted molar refractivity (Wildman–Crippen MR) is 112 cm³/mol. The highest BCUT2D eigenvalue weighted by molar-refractivity contribution is 6.36. The lowest BCUT2D eigenvalue weighted by Gasteiger charge is -2.02. The van der Waals surface area contributed by atoms with Crippen LogP contribution in [-0.2, 0) is 0 Å². The molecule has 1 amide bonds. The van der Waals surface area contributed by atoms with Gasteiger partial charge in [0.1, 0.15) is 11.4 Å². The summed E-state index contributed by atoms with van der Waals surface area (Å²) in [5.41, 5.74) is 4.79. The maximum Gasteiger partial charge on any atom is 0.289 e. The number of benzene rings is 2. The van der Waals surface area contributed by atoms with Crippen molar-refractivity contribution in [2.24, 2.45) is 5.10 Å². The second-order valence-corrected chi connectivity index (χ2v) is 6.45. The van der Waals surface area contributed by atoms with Crippen molar-refractivity contribution in [1.82, 2.24) is 15.6 Å². The number of halogens is 2. The van der Waals surface area contributed by atoms with Crippen molar-refractivity contribution in [3.05, 3.63) is 75.9 Å². The predicted octanol–water partition coefficient (Wildman–Crippen LogP) is 4.82. The van der Waals surface area contributed by atoms with Crippen LogP contribution in [0.3, 0.4) is 0 Å². The van der Waals surface area contributed by atoms with Crippen molar-refractivity contribution in [3.63, 3.8) is 0 Å². The number of amides is 1. The van der Waals surface area contributed by atoms with Gasteiger partial charge < -0.3 is 4.74 Å². The second kappa shape index (κ2) is 9.21. The van der Waals surface area contributed by atoms with Crippen LogP contribution in [0.5, 0.6) is 5.75 Å². The Kier molecular flexibility index (Phi) is 6.47. The van der Waals surface area contributed by atoms with Gasteiger partial charge in [0.05, 0.1) is 17.8 Å². The Hall–Kier alpha value is -3.09. The summed E-state index contributed by atoms with van der Waals surface area (Å²) in [6, 6.07) is 14.2. The van der Waals surface area contributed by atoms with Gasteiger partial charge in [0.25, 0.3) is 5.91 Å². The minimum Gasteiger partial charge on any atom is -0.496 e. The highest BCUT2D eigenvalue weighted by Gasteiger charge is 2.12. The molecule has 1 heterocycles. The number of para-hydroxylation sites is 1. The third kappa shape index (κ3) is 4.79. The van der Waals surface area contributed by atoms with Crippen LogP contribution in [0.1, 0.15) is 16.1 Å². The summed E-state index contributed by atoms with van der Waals surface area (Å²) in [5, 5.41) is 11.6. The van der Waals surface area contributed by atoms with Gasteiger partial charge in [-0.1, -0.05) is 41.4 Å². The van der Waals surface area contributed by atoms with Gasteiger partial charge in [0.15, 0.2) is 0 Å². The van der Waals surface area contributed by atoms with Gasteiger partial charge in [-0.05, 0) is 42.5 Å². The largest absolute Gasteiger partial charge is 0.496 e. The van der Waals surface area contributed by atoms with E-state index in [0.29, 0.717) is 21.3 Å². The van der Waals surface area contributed by atoms with E-state index in [2.05, 4.69) is 20.7 Å². The van der Waals surface area contributed by atoms with E-state index >= 15 is 0 Å². The number of H-pyrrole nitrogens is 1. The van der Waals surface area contributed by atoms with Crippen LogP contribution in [-0.4, -0.2) is 29.4 Å². The molecule has 0 radical (unpaired) electrons. The molecule has 142 valence electrons. The molecule has 2 aromatic carbocycles. The first-order chi connectivity index (χ1) is 13.6. The molecule has 6 nitrogen and oxygen atoms in total. The number of aromatic amines is 1. The van der Waals surface area contributed by atoms with Crippen molar-refractivity contribution in [1.29, 1.82) is 0 Å². The molecule has 0 fully saturated rings. The summed E-state index contributed by atoms with van der Waals surface area (Å²) in [6.45, 7) is 0. The SMILES string of the molecule is COc1ccccc1/C=C/C=N/NC(=O)c1cc(-c2ccc(Cl)cc2Cl)n[nH]1. The maximum atomic E-state index is 12.2. The number of hydrazone groups is 1. The van der Waals surface area contributed by atoms with Crippen molar-refractivity contribution < 1.29 is 9.53 Å². The monoisotopic (exact) mass is 414 g/mol. The van der Waals surface area contributed by atoms with Gasteiger partial charge in [0, 0.05) is 22.4 Å². The van der Waals surface area contributed by atoms with E-state index < -0.39 is 5.91 Å². The third-order valence-electron chi connectivity index (χ3n) is 3.77. The molecule has 3 aromatic rings.